The molecule has 23 heavy (non-hydrogen) atoms. The molecule has 0 saturated heterocycles. The van der Waals surface area contributed by atoms with Gasteiger partial charge in [-0.2, -0.15) is 0 Å². The summed E-state index contributed by atoms with van der Waals surface area (Å²) in [6, 6.07) is 6.50. The van der Waals surface area contributed by atoms with Crippen LogP contribution >= 0.6 is 11.6 Å². The van der Waals surface area contributed by atoms with E-state index in [1.54, 1.807) is 39.0 Å². The Morgan fingerprint density at radius 2 is 2.00 bits per heavy atom. The number of halogens is 1. The molecular weight excluding hydrogens is 338 g/mol. The highest BCUT2D eigenvalue weighted by atomic mass is 35.5. The number of hydrogen-bond acceptors (Lipinski definition) is 4. The van der Waals surface area contributed by atoms with Crippen LogP contribution in [0.15, 0.2) is 33.6 Å². The van der Waals surface area contributed by atoms with E-state index in [1.807, 2.05) is 0 Å². The van der Waals surface area contributed by atoms with Crippen LogP contribution in [0.2, 0.25) is 5.02 Å². The predicted octanol–water partition coefficient (Wildman–Crippen LogP) is 3.26. The van der Waals surface area contributed by atoms with Crippen molar-refractivity contribution in [2.75, 3.05) is 6.54 Å². The van der Waals surface area contributed by atoms with Crippen LogP contribution in [-0.2, 0) is 10.0 Å². The second-order valence-corrected chi connectivity index (χ2v) is 7.58. The lowest BCUT2D eigenvalue weighted by molar-refractivity contribution is 0.167. The van der Waals surface area contributed by atoms with Gasteiger partial charge in [0.05, 0.1) is 11.0 Å². The van der Waals surface area contributed by atoms with Gasteiger partial charge in [0.25, 0.3) is 0 Å². The highest BCUT2D eigenvalue weighted by Gasteiger charge is 2.19. The van der Waals surface area contributed by atoms with E-state index in [2.05, 4.69) is 4.72 Å². The Hall–Kier alpha value is -1.34. The van der Waals surface area contributed by atoms with Crippen LogP contribution in [0.5, 0.6) is 0 Å². The first kappa shape index (κ1) is 18.0. The van der Waals surface area contributed by atoms with Crippen molar-refractivity contribution in [3.8, 4) is 0 Å². The average molecular weight is 358 g/mol. The fourth-order valence-electron chi connectivity index (χ4n) is 2.42. The Bertz CT molecular complexity index is 798. The van der Waals surface area contributed by atoms with E-state index in [0.29, 0.717) is 27.7 Å². The standard InChI is InChI=1S/C16H20ClNO4S/c1-10-9-13(12(3)22-10)15(19)7-8-18-23(20,21)16-6-4-5-14(17)11(16)2/h4-6,9,15,18-19H,7-8H2,1-3H3. The summed E-state index contributed by atoms with van der Waals surface area (Å²) in [5, 5.41) is 10.6. The van der Waals surface area contributed by atoms with Crippen LogP contribution < -0.4 is 4.72 Å². The first-order valence-electron chi connectivity index (χ1n) is 7.22. The van der Waals surface area contributed by atoms with E-state index in [4.69, 9.17) is 16.0 Å². The van der Waals surface area contributed by atoms with Crippen LogP contribution in [0, 0.1) is 20.8 Å². The molecule has 2 N–H and O–H groups in total. The van der Waals surface area contributed by atoms with Gasteiger partial charge in [0.1, 0.15) is 11.5 Å². The molecule has 2 rings (SSSR count). The highest BCUT2D eigenvalue weighted by molar-refractivity contribution is 7.89. The molecule has 1 aromatic heterocycles. The van der Waals surface area contributed by atoms with Gasteiger partial charge in [-0.05, 0) is 51.0 Å². The van der Waals surface area contributed by atoms with E-state index in [-0.39, 0.29) is 17.9 Å². The number of benzene rings is 1. The van der Waals surface area contributed by atoms with Gasteiger partial charge in [-0.1, -0.05) is 17.7 Å². The number of rotatable bonds is 6. The van der Waals surface area contributed by atoms with Gasteiger partial charge < -0.3 is 9.52 Å². The van der Waals surface area contributed by atoms with Crippen molar-refractivity contribution in [2.24, 2.45) is 0 Å². The topological polar surface area (TPSA) is 79.5 Å². The number of aliphatic hydroxyl groups excluding tert-OH is 1. The Labute approximate surface area is 141 Å². The van der Waals surface area contributed by atoms with E-state index < -0.39 is 16.1 Å². The van der Waals surface area contributed by atoms with Crippen molar-refractivity contribution < 1.29 is 17.9 Å². The lowest BCUT2D eigenvalue weighted by atomic mass is 10.1. The lowest BCUT2D eigenvalue weighted by Crippen LogP contribution is -2.26. The van der Waals surface area contributed by atoms with Crippen LogP contribution in [-0.4, -0.2) is 20.1 Å². The fourth-order valence-corrected chi connectivity index (χ4v) is 3.97. The monoisotopic (exact) mass is 357 g/mol. The SMILES string of the molecule is Cc1cc(C(O)CCNS(=O)(=O)c2cccc(Cl)c2C)c(C)o1. The molecule has 126 valence electrons. The third kappa shape index (κ3) is 4.14. The molecule has 0 aliphatic rings. The minimum atomic E-state index is -3.67. The largest absolute Gasteiger partial charge is 0.466 e. The quantitative estimate of drug-likeness (QED) is 0.831. The molecule has 0 aliphatic heterocycles. The van der Waals surface area contributed by atoms with Crippen molar-refractivity contribution in [3.63, 3.8) is 0 Å². The maximum atomic E-state index is 12.3. The van der Waals surface area contributed by atoms with Crippen LogP contribution in [0.25, 0.3) is 0 Å². The summed E-state index contributed by atoms with van der Waals surface area (Å²) in [6.45, 7) is 5.33. The molecule has 0 amide bonds. The Kier molecular flexibility index (Phi) is 5.52. The maximum absolute atomic E-state index is 12.3. The molecule has 0 spiro atoms. The molecule has 5 nitrogen and oxygen atoms in total. The summed E-state index contributed by atoms with van der Waals surface area (Å²) in [6.07, 6.45) is -0.533. The summed E-state index contributed by atoms with van der Waals surface area (Å²) < 4.78 is 32.5. The smallest absolute Gasteiger partial charge is 0.240 e. The average Bonchev–Trinajstić information content (AvgIpc) is 2.80. The van der Waals surface area contributed by atoms with Crippen molar-refractivity contribution in [1.29, 1.82) is 0 Å². The molecule has 0 radical (unpaired) electrons. The molecular formula is C16H20ClNO4S. The summed E-state index contributed by atoms with van der Waals surface area (Å²) in [7, 11) is -3.67. The van der Waals surface area contributed by atoms with E-state index in [1.165, 1.54) is 6.07 Å². The second kappa shape index (κ2) is 7.05. The van der Waals surface area contributed by atoms with E-state index in [0.717, 1.165) is 0 Å². The molecule has 1 atom stereocenters. The first-order chi connectivity index (χ1) is 10.7. The number of furan rings is 1. The molecule has 0 bridgehead atoms. The normalized spacial score (nSPS) is 13.3. The molecule has 0 saturated carbocycles. The van der Waals surface area contributed by atoms with Crippen molar-refractivity contribution in [2.45, 2.75) is 38.2 Å². The fraction of sp³-hybridized carbons (Fsp3) is 0.375. The molecule has 1 aromatic carbocycles. The maximum Gasteiger partial charge on any atom is 0.240 e. The molecule has 1 unspecified atom stereocenters. The zero-order chi connectivity index (χ0) is 17.2. The van der Waals surface area contributed by atoms with Crippen molar-refractivity contribution in [3.05, 3.63) is 51.9 Å². The second-order valence-electron chi connectivity index (χ2n) is 5.43. The zero-order valence-corrected chi connectivity index (χ0v) is 14.8. The van der Waals surface area contributed by atoms with E-state index >= 15 is 0 Å². The lowest BCUT2D eigenvalue weighted by Gasteiger charge is -2.12. The van der Waals surface area contributed by atoms with Crippen LogP contribution in [0.4, 0.5) is 0 Å². The van der Waals surface area contributed by atoms with E-state index in [9.17, 15) is 13.5 Å². The molecule has 7 heteroatoms. The third-order valence-electron chi connectivity index (χ3n) is 3.66. The first-order valence-corrected chi connectivity index (χ1v) is 9.08. The van der Waals surface area contributed by atoms with Gasteiger partial charge in [0.2, 0.25) is 10.0 Å². The number of nitrogens with one attached hydrogen (secondary N) is 1. The molecule has 1 heterocycles. The van der Waals surface area contributed by atoms with Crippen LogP contribution in [0.1, 0.15) is 35.2 Å². The Morgan fingerprint density at radius 1 is 1.30 bits per heavy atom. The molecule has 0 fully saturated rings. The Morgan fingerprint density at radius 3 is 2.61 bits per heavy atom. The third-order valence-corrected chi connectivity index (χ3v) is 5.67. The van der Waals surface area contributed by atoms with Gasteiger partial charge in [-0.25, -0.2) is 13.1 Å². The number of aliphatic hydroxyl groups is 1. The minimum absolute atomic E-state index is 0.110. The van der Waals surface area contributed by atoms with Crippen molar-refractivity contribution >= 4 is 21.6 Å². The number of aryl methyl sites for hydroxylation is 2. The minimum Gasteiger partial charge on any atom is -0.466 e. The summed E-state index contributed by atoms with van der Waals surface area (Å²) in [5.41, 5.74) is 1.18. The summed E-state index contributed by atoms with van der Waals surface area (Å²) in [5.74, 6) is 1.36. The van der Waals surface area contributed by atoms with Crippen LogP contribution in [0.3, 0.4) is 0 Å². The number of sulfonamides is 1. The highest BCUT2D eigenvalue weighted by Crippen LogP contribution is 2.25. The Balaban J connectivity index is 2.03. The zero-order valence-electron chi connectivity index (χ0n) is 13.3. The molecule has 0 aliphatic carbocycles. The van der Waals surface area contributed by atoms with Gasteiger partial charge in [-0.15, -0.1) is 0 Å². The van der Waals surface area contributed by atoms with Gasteiger partial charge in [0, 0.05) is 17.1 Å². The van der Waals surface area contributed by atoms with Crippen molar-refractivity contribution in [1.82, 2.24) is 4.72 Å². The summed E-state index contributed by atoms with van der Waals surface area (Å²) in [4.78, 5) is 0.148. The summed E-state index contributed by atoms with van der Waals surface area (Å²) >= 11 is 5.96. The van der Waals surface area contributed by atoms with Gasteiger partial charge in [0.15, 0.2) is 0 Å². The predicted molar refractivity (Wildman–Crippen MR) is 89.1 cm³/mol. The van der Waals surface area contributed by atoms with Gasteiger partial charge >= 0.3 is 0 Å². The number of hydrogen-bond donors (Lipinski definition) is 2. The van der Waals surface area contributed by atoms with Gasteiger partial charge in [-0.3, -0.25) is 0 Å². The molecule has 2 aromatic rings.